The molecule has 5 heteroatoms. The molecule has 0 aliphatic heterocycles. The SMILES string of the molecule is OCc1ccc(F)c(-c2ccc(C(F)(F)F)cc2)c1. The molecule has 0 aliphatic rings. The van der Waals surface area contributed by atoms with Crippen molar-refractivity contribution in [3.63, 3.8) is 0 Å². The predicted octanol–water partition coefficient (Wildman–Crippen LogP) is 4.00. The van der Waals surface area contributed by atoms with Crippen LogP contribution in [0.15, 0.2) is 42.5 Å². The molecule has 0 atom stereocenters. The number of benzene rings is 2. The van der Waals surface area contributed by atoms with Crippen LogP contribution < -0.4 is 0 Å². The normalized spacial score (nSPS) is 11.6. The predicted molar refractivity (Wildman–Crippen MR) is 62.8 cm³/mol. The minimum atomic E-state index is -4.41. The van der Waals surface area contributed by atoms with Gasteiger partial charge in [0, 0.05) is 5.56 Å². The zero-order valence-electron chi connectivity index (χ0n) is 9.71. The van der Waals surface area contributed by atoms with E-state index in [1.807, 2.05) is 0 Å². The van der Waals surface area contributed by atoms with Crippen molar-refractivity contribution in [2.24, 2.45) is 0 Å². The number of aliphatic hydroxyl groups is 1. The number of hydrogen-bond acceptors (Lipinski definition) is 1. The van der Waals surface area contributed by atoms with E-state index in [1.165, 1.54) is 30.3 Å². The van der Waals surface area contributed by atoms with E-state index < -0.39 is 17.6 Å². The van der Waals surface area contributed by atoms with E-state index >= 15 is 0 Å². The van der Waals surface area contributed by atoms with Crippen molar-refractivity contribution in [3.05, 3.63) is 59.4 Å². The van der Waals surface area contributed by atoms with Gasteiger partial charge < -0.3 is 5.11 Å². The van der Waals surface area contributed by atoms with Crippen LogP contribution in [0.3, 0.4) is 0 Å². The highest BCUT2D eigenvalue weighted by atomic mass is 19.4. The lowest BCUT2D eigenvalue weighted by Gasteiger charge is -2.09. The van der Waals surface area contributed by atoms with Crippen LogP contribution in [0.4, 0.5) is 17.6 Å². The molecule has 1 nitrogen and oxygen atoms in total. The zero-order chi connectivity index (χ0) is 14.0. The zero-order valence-corrected chi connectivity index (χ0v) is 9.71. The van der Waals surface area contributed by atoms with Gasteiger partial charge in [-0.2, -0.15) is 13.2 Å². The van der Waals surface area contributed by atoms with Gasteiger partial charge >= 0.3 is 6.18 Å². The van der Waals surface area contributed by atoms with Crippen LogP contribution in [-0.2, 0) is 12.8 Å². The third kappa shape index (κ3) is 2.93. The molecular formula is C14H10F4O. The van der Waals surface area contributed by atoms with Crippen molar-refractivity contribution in [2.45, 2.75) is 12.8 Å². The van der Waals surface area contributed by atoms with Crippen LogP contribution in [0.1, 0.15) is 11.1 Å². The first kappa shape index (κ1) is 13.5. The molecule has 2 rings (SSSR count). The Hall–Kier alpha value is -1.88. The fraction of sp³-hybridized carbons (Fsp3) is 0.143. The molecule has 0 spiro atoms. The summed E-state index contributed by atoms with van der Waals surface area (Å²) in [5, 5.41) is 8.98. The molecule has 0 amide bonds. The van der Waals surface area contributed by atoms with E-state index in [0.717, 1.165) is 12.1 Å². The molecule has 2 aromatic carbocycles. The summed E-state index contributed by atoms with van der Waals surface area (Å²) in [6.45, 7) is -0.256. The number of rotatable bonds is 2. The average molecular weight is 270 g/mol. The summed E-state index contributed by atoms with van der Waals surface area (Å²) >= 11 is 0. The van der Waals surface area contributed by atoms with Gasteiger partial charge in [-0.25, -0.2) is 4.39 Å². The molecule has 0 heterocycles. The Bertz CT molecular complexity index is 573. The Morgan fingerprint density at radius 2 is 1.58 bits per heavy atom. The summed E-state index contributed by atoms with van der Waals surface area (Å²) < 4.78 is 50.9. The maximum absolute atomic E-state index is 13.6. The van der Waals surface area contributed by atoms with Crippen LogP contribution in [0.25, 0.3) is 11.1 Å². The quantitative estimate of drug-likeness (QED) is 0.818. The largest absolute Gasteiger partial charge is 0.416 e. The molecule has 0 saturated carbocycles. The maximum atomic E-state index is 13.6. The molecular weight excluding hydrogens is 260 g/mol. The third-order valence-corrected chi connectivity index (χ3v) is 2.74. The highest BCUT2D eigenvalue weighted by Gasteiger charge is 2.30. The lowest BCUT2D eigenvalue weighted by Crippen LogP contribution is -2.04. The number of hydrogen-bond donors (Lipinski definition) is 1. The van der Waals surface area contributed by atoms with E-state index in [4.69, 9.17) is 5.11 Å². The molecule has 2 aromatic rings. The summed E-state index contributed by atoms with van der Waals surface area (Å²) in [6.07, 6.45) is -4.41. The minimum absolute atomic E-state index is 0.167. The Labute approximate surface area is 107 Å². The van der Waals surface area contributed by atoms with E-state index in [-0.39, 0.29) is 12.2 Å². The van der Waals surface area contributed by atoms with Gasteiger partial charge in [0.2, 0.25) is 0 Å². The Kier molecular flexibility index (Phi) is 3.57. The lowest BCUT2D eigenvalue weighted by atomic mass is 10.0. The number of aliphatic hydroxyl groups excluding tert-OH is 1. The lowest BCUT2D eigenvalue weighted by molar-refractivity contribution is -0.137. The first-order valence-electron chi connectivity index (χ1n) is 5.49. The molecule has 0 aromatic heterocycles. The van der Waals surface area contributed by atoms with E-state index in [1.54, 1.807) is 0 Å². The van der Waals surface area contributed by atoms with Crippen LogP contribution >= 0.6 is 0 Å². The smallest absolute Gasteiger partial charge is 0.392 e. The summed E-state index contributed by atoms with van der Waals surface area (Å²) in [5.41, 5.74) is 0.215. The van der Waals surface area contributed by atoms with Crippen molar-refractivity contribution in [1.82, 2.24) is 0 Å². The van der Waals surface area contributed by atoms with Crippen LogP contribution in [0.5, 0.6) is 0 Å². The highest BCUT2D eigenvalue weighted by molar-refractivity contribution is 5.65. The van der Waals surface area contributed by atoms with Crippen molar-refractivity contribution in [2.75, 3.05) is 0 Å². The molecule has 0 fully saturated rings. The number of alkyl halides is 3. The first-order valence-corrected chi connectivity index (χ1v) is 5.49. The van der Waals surface area contributed by atoms with Gasteiger partial charge in [-0.3, -0.25) is 0 Å². The monoisotopic (exact) mass is 270 g/mol. The van der Waals surface area contributed by atoms with Gasteiger partial charge in [-0.15, -0.1) is 0 Å². The second-order valence-corrected chi connectivity index (χ2v) is 4.05. The summed E-state index contributed by atoms with van der Waals surface area (Å²) in [7, 11) is 0. The fourth-order valence-electron chi connectivity index (χ4n) is 1.73. The van der Waals surface area contributed by atoms with E-state index in [2.05, 4.69) is 0 Å². The second-order valence-electron chi connectivity index (χ2n) is 4.05. The molecule has 0 radical (unpaired) electrons. The van der Waals surface area contributed by atoms with E-state index in [0.29, 0.717) is 11.1 Å². The Morgan fingerprint density at radius 3 is 2.11 bits per heavy atom. The van der Waals surface area contributed by atoms with Crippen molar-refractivity contribution in [1.29, 1.82) is 0 Å². The van der Waals surface area contributed by atoms with Crippen LogP contribution in [0, 0.1) is 5.82 Å². The molecule has 0 saturated heterocycles. The summed E-state index contributed by atoms with van der Waals surface area (Å²) in [4.78, 5) is 0. The molecule has 0 aliphatic carbocycles. The Morgan fingerprint density at radius 1 is 0.947 bits per heavy atom. The molecule has 0 bridgehead atoms. The maximum Gasteiger partial charge on any atom is 0.416 e. The van der Waals surface area contributed by atoms with Crippen molar-refractivity contribution < 1.29 is 22.7 Å². The van der Waals surface area contributed by atoms with Crippen LogP contribution in [-0.4, -0.2) is 5.11 Å². The van der Waals surface area contributed by atoms with Crippen LogP contribution in [0.2, 0.25) is 0 Å². The standard InChI is InChI=1S/C14H10F4O/c15-13-6-1-9(8-19)7-12(13)10-2-4-11(5-3-10)14(16,17)18/h1-7,19H,8H2. The average Bonchev–Trinajstić information content (AvgIpc) is 2.38. The molecule has 100 valence electrons. The molecule has 19 heavy (non-hydrogen) atoms. The molecule has 0 unspecified atom stereocenters. The van der Waals surface area contributed by atoms with Gasteiger partial charge in [-0.1, -0.05) is 18.2 Å². The highest BCUT2D eigenvalue weighted by Crippen LogP contribution is 2.31. The van der Waals surface area contributed by atoms with E-state index in [9.17, 15) is 17.6 Å². The summed E-state index contributed by atoms with van der Waals surface area (Å²) in [5.74, 6) is -0.544. The van der Waals surface area contributed by atoms with Crippen molar-refractivity contribution in [3.8, 4) is 11.1 Å². The number of halogens is 4. The third-order valence-electron chi connectivity index (χ3n) is 2.74. The summed E-state index contributed by atoms with van der Waals surface area (Å²) in [6, 6.07) is 8.24. The fourth-order valence-corrected chi connectivity index (χ4v) is 1.73. The van der Waals surface area contributed by atoms with Gasteiger partial charge in [0.15, 0.2) is 0 Å². The first-order chi connectivity index (χ1) is 8.91. The van der Waals surface area contributed by atoms with Crippen molar-refractivity contribution >= 4 is 0 Å². The van der Waals surface area contributed by atoms with Gasteiger partial charge in [-0.05, 0) is 35.4 Å². The topological polar surface area (TPSA) is 20.2 Å². The second kappa shape index (κ2) is 5.01. The van der Waals surface area contributed by atoms with Gasteiger partial charge in [0.25, 0.3) is 0 Å². The Balaban J connectivity index is 2.42. The van der Waals surface area contributed by atoms with Gasteiger partial charge in [0.05, 0.1) is 12.2 Å². The molecule has 1 N–H and O–H groups in total. The van der Waals surface area contributed by atoms with Gasteiger partial charge in [0.1, 0.15) is 5.82 Å². The minimum Gasteiger partial charge on any atom is -0.392 e.